The van der Waals surface area contributed by atoms with E-state index in [4.69, 9.17) is 14.2 Å². The lowest BCUT2D eigenvalue weighted by Gasteiger charge is -2.29. The molecule has 1 aromatic carbocycles. The summed E-state index contributed by atoms with van der Waals surface area (Å²) in [5.74, 6) is -4.89. The maximum absolute atomic E-state index is 14.3. The molecule has 0 bridgehead atoms. The van der Waals surface area contributed by atoms with Gasteiger partial charge < -0.3 is 29.5 Å². The van der Waals surface area contributed by atoms with Crippen molar-refractivity contribution in [1.29, 1.82) is 0 Å². The Morgan fingerprint density at radius 1 is 1.20 bits per heavy atom. The first-order chi connectivity index (χ1) is 21.3. The molecule has 1 aromatic rings. The third-order valence-corrected chi connectivity index (χ3v) is 8.57. The molecule has 5 atom stereocenters. The molecule has 1 saturated heterocycles. The van der Waals surface area contributed by atoms with Crippen molar-refractivity contribution in [3.63, 3.8) is 0 Å². The largest absolute Gasteiger partial charge is 0.479 e. The highest BCUT2D eigenvalue weighted by Gasteiger charge is 2.61. The molecule has 0 radical (unpaired) electrons. The van der Waals surface area contributed by atoms with Gasteiger partial charge in [-0.05, 0) is 51.7 Å². The van der Waals surface area contributed by atoms with Crippen LogP contribution in [0.25, 0.3) is 0 Å². The first kappa shape index (κ1) is 32.4. The van der Waals surface area contributed by atoms with Crippen molar-refractivity contribution in [2.24, 2.45) is 11.8 Å². The van der Waals surface area contributed by atoms with Gasteiger partial charge in [0.05, 0.1) is 32.0 Å². The van der Waals surface area contributed by atoms with Crippen molar-refractivity contribution in [3.05, 3.63) is 47.3 Å². The lowest BCUT2D eigenvalue weighted by molar-refractivity contribution is -0.160. The number of nitrogens with one attached hydrogen (secondary N) is 1. The number of carbonyl (C=O) groups is 5. The average Bonchev–Trinajstić information content (AvgIpc) is 3.27. The number of amides is 3. The molecule has 45 heavy (non-hydrogen) atoms. The third kappa shape index (κ3) is 7.29. The smallest absolute Gasteiger partial charge is 0.410 e. The van der Waals surface area contributed by atoms with Crippen LogP contribution in [0, 0.1) is 17.7 Å². The maximum Gasteiger partial charge on any atom is 0.410 e. The number of carbonyl (C=O) groups excluding carboxylic acids is 4. The summed E-state index contributed by atoms with van der Waals surface area (Å²) in [7, 11) is 0. The highest BCUT2D eigenvalue weighted by atomic mass is 19.1. The van der Waals surface area contributed by atoms with Crippen LogP contribution in [0.3, 0.4) is 0 Å². The lowest BCUT2D eigenvalue weighted by Crippen LogP contribution is -2.54. The molecule has 0 aromatic heterocycles. The van der Waals surface area contributed by atoms with Gasteiger partial charge in [0.25, 0.3) is 0 Å². The van der Waals surface area contributed by atoms with E-state index in [-0.39, 0.29) is 45.5 Å². The number of benzene rings is 1. The molecule has 13 heteroatoms. The predicted octanol–water partition coefficient (Wildman–Crippen LogP) is 2.92. The summed E-state index contributed by atoms with van der Waals surface area (Å²) in [4.78, 5) is 68.5. The molecule has 3 aliphatic heterocycles. The highest BCUT2D eigenvalue weighted by molar-refractivity contribution is 5.95. The van der Waals surface area contributed by atoms with Crippen LogP contribution in [0.2, 0.25) is 0 Å². The van der Waals surface area contributed by atoms with Gasteiger partial charge in [0, 0.05) is 31.1 Å². The number of carboxylic acid groups (broad SMARTS) is 1. The summed E-state index contributed by atoms with van der Waals surface area (Å²) in [6, 6.07) is 3.45. The highest BCUT2D eigenvalue weighted by Crippen LogP contribution is 2.45. The molecule has 0 spiro atoms. The number of allylic oxidation sites excluding steroid dienone is 1. The predicted molar refractivity (Wildman–Crippen MR) is 156 cm³/mol. The molecule has 3 amide bonds. The standard InChI is InChI=1S/C32H40FN3O9/c1-31(2,3)45-26(37)12-20-18-43-11-6-4-5-9-21-14-32(21,29(40)41)34-27(38)25-13-22(16-36(25)28(20)39)44-30(42)35-15-19-8-7-10-24(33)23(19)17-35/h5,7-10,20-22,25H,4,6,11-18H2,1-3H3,(H,34,38)(H,40,41)/b9-5-/t20-,21+,22+,25-,32+/m0/s1. The van der Waals surface area contributed by atoms with E-state index in [0.29, 0.717) is 30.6 Å². The summed E-state index contributed by atoms with van der Waals surface area (Å²) in [5, 5.41) is 12.7. The topological polar surface area (TPSA) is 152 Å². The van der Waals surface area contributed by atoms with Crippen LogP contribution in [-0.4, -0.2) is 87.8 Å². The molecule has 1 aliphatic carbocycles. The van der Waals surface area contributed by atoms with Crippen molar-refractivity contribution in [2.45, 2.75) is 89.3 Å². The molecule has 12 nitrogen and oxygen atoms in total. The quantitative estimate of drug-likeness (QED) is 0.378. The zero-order valence-corrected chi connectivity index (χ0v) is 25.8. The van der Waals surface area contributed by atoms with Crippen molar-refractivity contribution in [3.8, 4) is 0 Å². The second-order valence-electron chi connectivity index (χ2n) is 13.2. The number of hydrogen-bond acceptors (Lipinski definition) is 8. The number of fused-ring (bicyclic) bond motifs is 3. The normalized spacial score (nSPS) is 29.3. The first-order valence-electron chi connectivity index (χ1n) is 15.3. The Kier molecular flexibility index (Phi) is 9.20. The van der Waals surface area contributed by atoms with E-state index in [0.717, 1.165) is 0 Å². The molecule has 0 unspecified atom stereocenters. The van der Waals surface area contributed by atoms with Crippen molar-refractivity contribution < 1.29 is 47.7 Å². The number of rotatable bonds is 4. The van der Waals surface area contributed by atoms with Crippen LogP contribution >= 0.6 is 0 Å². The average molecular weight is 630 g/mol. The molecule has 1 saturated carbocycles. The second kappa shape index (κ2) is 12.8. The van der Waals surface area contributed by atoms with Gasteiger partial charge in [-0.25, -0.2) is 14.0 Å². The molecule has 2 fully saturated rings. The van der Waals surface area contributed by atoms with Crippen LogP contribution < -0.4 is 5.32 Å². The van der Waals surface area contributed by atoms with Crippen molar-refractivity contribution in [2.75, 3.05) is 19.8 Å². The third-order valence-electron chi connectivity index (χ3n) is 8.57. The summed E-state index contributed by atoms with van der Waals surface area (Å²) >= 11 is 0. The number of nitrogens with zero attached hydrogens (tertiary/aromatic N) is 2. The fourth-order valence-corrected chi connectivity index (χ4v) is 6.19. The lowest BCUT2D eigenvalue weighted by atomic mass is 10.0. The minimum atomic E-state index is -1.50. The number of ether oxygens (including phenoxy) is 3. The fourth-order valence-electron chi connectivity index (χ4n) is 6.19. The fraction of sp³-hybridized carbons (Fsp3) is 0.594. The van der Waals surface area contributed by atoms with Crippen molar-refractivity contribution in [1.82, 2.24) is 15.1 Å². The van der Waals surface area contributed by atoms with E-state index in [1.165, 1.54) is 15.9 Å². The molecular weight excluding hydrogens is 589 g/mol. The second-order valence-corrected chi connectivity index (χ2v) is 13.2. The Balaban J connectivity index is 1.37. The van der Waals surface area contributed by atoms with Gasteiger partial charge in [-0.1, -0.05) is 24.3 Å². The summed E-state index contributed by atoms with van der Waals surface area (Å²) in [6.07, 6.45) is 3.02. The number of carboxylic acids is 1. The van der Waals surface area contributed by atoms with Crippen LogP contribution in [0.1, 0.15) is 64.0 Å². The van der Waals surface area contributed by atoms with E-state index in [1.807, 2.05) is 6.08 Å². The monoisotopic (exact) mass is 629 g/mol. The Hall–Kier alpha value is -4.00. The zero-order valence-electron chi connectivity index (χ0n) is 25.8. The number of halogens is 1. The van der Waals surface area contributed by atoms with Gasteiger partial charge in [0.15, 0.2) is 0 Å². The van der Waals surface area contributed by atoms with E-state index in [9.17, 15) is 33.5 Å². The van der Waals surface area contributed by atoms with Crippen LogP contribution in [0.4, 0.5) is 9.18 Å². The number of esters is 1. The summed E-state index contributed by atoms with van der Waals surface area (Å²) < 4.78 is 31.3. The van der Waals surface area contributed by atoms with Gasteiger partial charge in [-0.2, -0.15) is 0 Å². The summed E-state index contributed by atoms with van der Waals surface area (Å²) in [5.41, 5.74) is -1.22. The molecular formula is C32H40FN3O9. The van der Waals surface area contributed by atoms with E-state index in [2.05, 4.69) is 5.32 Å². The SMILES string of the molecule is CC(C)(C)OC(=O)C[C@H]1COCCC/C=C\[C@@H]2C[C@@]2(C(=O)O)NC(=O)[C@@H]2C[C@@H](OC(=O)N3Cc4cccc(F)c4C3)CN2C1=O. The zero-order chi connectivity index (χ0) is 32.5. The van der Waals surface area contributed by atoms with Gasteiger partial charge in [-0.15, -0.1) is 0 Å². The number of hydrogen-bond donors (Lipinski definition) is 2. The molecule has 4 aliphatic rings. The summed E-state index contributed by atoms with van der Waals surface area (Å²) in [6.45, 7) is 5.35. The number of aliphatic carboxylic acids is 1. The van der Waals surface area contributed by atoms with Crippen LogP contribution in [0.15, 0.2) is 30.4 Å². The Bertz CT molecular complexity index is 1390. The maximum atomic E-state index is 14.3. The Labute approximate surface area is 260 Å². The van der Waals surface area contributed by atoms with Crippen LogP contribution in [0.5, 0.6) is 0 Å². The Morgan fingerprint density at radius 2 is 1.98 bits per heavy atom. The minimum absolute atomic E-state index is 0.0193. The Morgan fingerprint density at radius 3 is 2.69 bits per heavy atom. The van der Waals surface area contributed by atoms with E-state index >= 15 is 0 Å². The molecule has 3 heterocycles. The van der Waals surface area contributed by atoms with Gasteiger partial charge in [0.2, 0.25) is 11.8 Å². The molecule has 244 valence electrons. The molecule has 5 rings (SSSR count). The molecule has 2 N–H and O–H groups in total. The van der Waals surface area contributed by atoms with Crippen molar-refractivity contribution >= 4 is 29.8 Å². The van der Waals surface area contributed by atoms with Gasteiger partial charge >= 0.3 is 18.0 Å². The van der Waals surface area contributed by atoms with Gasteiger partial charge in [0.1, 0.15) is 29.1 Å². The first-order valence-corrected chi connectivity index (χ1v) is 15.3. The minimum Gasteiger partial charge on any atom is -0.479 e. The van der Waals surface area contributed by atoms with Crippen LogP contribution in [-0.2, 0) is 46.5 Å². The van der Waals surface area contributed by atoms with E-state index in [1.54, 1.807) is 39.0 Å². The van der Waals surface area contributed by atoms with E-state index < -0.39 is 70.8 Å². The van der Waals surface area contributed by atoms with Gasteiger partial charge in [-0.3, -0.25) is 19.3 Å².